The molecule has 0 aliphatic carbocycles. The van der Waals surface area contributed by atoms with Crippen molar-refractivity contribution < 1.29 is 9.53 Å². The van der Waals surface area contributed by atoms with E-state index in [2.05, 4.69) is 9.97 Å². The lowest BCUT2D eigenvalue weighted by atomic mass is 10.1. The van der Waals surface area contributed by atoms with Crippen LogP contribution in [0.3, 0.4) is 0 Å². The van der Waals surface area contributed by atoms with E-state index in [0.717, 1.165) is 5.56 Å². The Bertz CT molecular complexity index is 502. The zero-order valence-corrected chi connectivity index (χ0v) is 9.69. The molecule has 0 aliphatic heterocycles. The van der Waals surface area contributed by atoms with Crippen LogP contribution in [0.2, 0.25) is 0 Å². The van der Waals surface area contributed by atoms with E-state index < -0.39 is 5.97 Å². The molecule has 2 rings (SSSR count). The molecule has 2 aromatic rings. The molecule has 0 radical (unpaired) electrons. The van der Waals surface area contributed by atoms with Gasteiger partial charge in [-0.15, -0.1) is 0 Å². The van der Waals surface area contributed by atoms with Gasteiger partial charge in [0.05, 0.1) is 6.04 Å². The van der Waals surface area contributed by atoms with E-state index in [1.165, 1.54) is 0 Å². The van der Waals surface area contributed by atoms with Gasteiger partial charge in [0.25, 0.3) is 0 Å². The van der Waals surface area contributed by atoms with Crippen molar-refractivity contribution in [3.8, 4) is 0 Å². The first kappa shape index (κ1) is 12.2. The Kier molecular flexibility index (Phi) is 3.98. The summed E-state index contributed by atoms with van der Waals surface area (Å²) < 4.78 is 5.10. The van der Waals surface area contributed by atoms with Gasteiger partial charge < -0.3 is 10.5 Å². The maximum absolute atomic E-state index is 11.6. The Hall–Kier alpha value is -2.27. The SMILES string of the molecule is NC(COC(=O)c1ccccn1)c1ccncc1. The average molecular weight is 243 g/mol. The van der Waals surface area contributed by atoms with Crippen LogP contribution in [-0.2, 0) is 4.74 Å². The van der Waals surface area contributed by atoms with E-state index in [1.54, 1.807) is 48.9 Å². The summed E-state index contributed by atoms with van der Waals surface area (Å²) >= 11 is 0. The number of hydrogen-bond acceptors (Lipinski definition) is 5. The molecular weight excluding hydrogens is 230 g/mol. The molecule has 0 saturated carbocycles. The van der Waals surface area contributed by atoms with Crippen LogP contribution in [0.5, 0.6) is 0 Å². The molecule has 2 N–H and O–H groups in total. The van der Waals surface area contributed by atoms with Gasteiger partial charge in [-0.25, -0.2) is 9.78 Å². The first-order valence-electron chi connectivity index (χ1n) is 5.51. The number of pyridine rings is 2. The summed E-state index contributed by atoms with van der Waals surface area (Å²) in [6.45, 7) is 0.111. The number of rotatable bonds is 4. The number of nitrogens with two attached hydrogens (primary N) is 1. The van der Waals surface area contributed by atoms with Crippen molar-refractivity contribution in [3.05, 3.63) is 60.2 Å². The summed E-state index contributed by atoms with van der Waals surface area (Å²) in [5, 5.41) is 0. The van der Waals surface area contributed by atoms with E-state index in [0.29, 0.717) is 0 Å². The molecule has 0 fully saturated rings. The molecule has 0 amide bonds. The summed E-state index contributed by atoms with van der Waals surface area (Å²) in [5.41, 5.74) is 7.05. The number of carbonyl (C=O) groups is 1. The Balaban J connectivity index is 1.91. The second-order valence-corrected chi connectivity index (χ2v) is 3.70. The molecule has 1 unspecified atom stereocenters. The van der Waals surface area contributed by atoms with Crippen molar-refractivity contribution in [2.45, 2.75) is 6.04 Å². The molecule has 0 aliphatic rings. The lowest BCUT2D eigenvalue weighted by Crippen LogP contribution is -2.20. The summed E-state index contributed by atoms with van der Waals surface area (Å²) in [7, 11) is 0. The first-order chi connectivity index (χ1) is 8.77. The molecule has 1 atom stereocenters. The molecule has 18 heavy (non-hydrogen) atoms. The third-order valence-electron chi connectivity index (χ3n) is 2.40. The van der Waals surface area contributed by atoms with Crippen LogP contribution in [0, 0.1) is 0 Å². The maximum atomic E-state index is 11.6. The minimum atomic E-state index is -0.472. The lowest BCUT2D eigenvalue weighted by Gasteiger charge is -2.11. The highest BCUT2D eigenvalue weighted by molar-refractivity contribution is 5.87. The van der Waals surface area contributed by atoms with E-state index in [4.69, 9.17) is 10.5 Å². The smallest absolute Gasteiger partial charge is 0.356 e. The molecule has 2 heterocycles. The molecule has 0 aromatic carbocycles. The van der Waals surface area contributed by atoms with Crippen LogP contribution < -0.4 is 5.73 Å². The quantitative estimate of drug-likeness (QED) is 0.820. The molecule has 0 saturated heterocycles. The lowest BCUT2D eigenvalue weighted by molar-refractivity contribution is 0.0474. The largest absolute Gasteiger partial charge is 0.459 e. The average Bonchev–Trinajstić information content (AvgIpc) is 2.46. The predicted octanol–water partition coefficient (Wildman–Crippen LogP) is 1.33. The van der Waals surface area contributed by atoms with Crippen molar-refractivity contribution in [1.82, 2.24) is 9.97 Å². The van der Waals surface area contributed by atoms with E-state index in [1.807, 2.05) is 0 Å². The number of carbonyl (C=O) groups excluding carboxylic acids is 1. The van der Waals surface area contributed by atoms with Crippen LogP contribution in [-0.4, -0.2) is 22.5 Å². The fraction of sp³-hybridized carbons (Fsp3) is 0.154. The molecule has 0 bridgehead atoms. The van der Waals surface area contributed by atoms with E-state index in [9.17, 15) is 4.79 Å². The Morgan fingerprint density at radius 1 is 1.22 bits per heavy atom. The van der Waals surface area contributed by atoms with Gasteiger partial charge in [-0.3, -0.25) is 4.98 Å². The zero-order chi connectivity index (χ0) is 12.8. The molecule has 5 heteroatoms. The summed E-state index contributed by atoms with van der Waals surface area (Å²) in [4.78, 5) is 19.4. The van der Waals surface area contributed by atoms with Crippen molar-refractivity contribution in [2.24, 2.45) is 5.73 Å². The topological polar surface area (TPSA) is 78.1 Å². The van der Waals surface area contributed by atoms with Crippen LogP contribution in [0.25, 0.3) is 0 Å². The number of hydrogen-bond donors (Lipinski definition) is 1. The number of nitrogens with zero attached hydrogens (tertiary/aromatic N) is 2. The van der Waals surface area contributed by atoms with Crippen LogP contribution in [0.15, 0.2) is 48.9 Å². The monoisotopic (exact) mass is 243 g/mol. The molecule has 0 spiro atoms. The van der Waals surface area contributed by atoms with Gasteiger partial charge in [-0.1, -0.05) is 6.07 Å². The standard InChI is InChI=1S/C13H13N3O2/c14-11(10-4-7-15-8-5-10)9-18-13(17)12-3-1-2-6-16-12/h1-8,11H,9,14H2. The fourth-order valence-corrected chi connectivity index (χ4v) is 1.43. The highest BCUT2D eigenvalue weighted by Gasteiger charge is 2.11. The highest BCUT2D eigenvalue weighted by Crippen LogP contribution is 2.09. The van der Waals surface area contributed by atoms with Crippen molar-refractivity contribution in [3.63, 3.8) is 0 Å². The Morgan fingerprint density at radius 3 is 2.67 bits per heavy atom. The maximum Gasteiger partial charge on any atom is 0.356 e. The highest BCUT2D eigenvalue weighted by atomic mass is 16.5. The van der Waals surface area contributed by atoms with Crippen LogP contribution >= 0.6 is 0 Å². The van der Waals surface area contributed by atoms with Gasteiger partial charge in [-0.05, 0) is 29.8 Å². The van der Waals surface area contributed by atoms with Crippen LogP contribution in [0.4, 0.5) is 0 Å². The second-order valence-electron chi connectivity index (χ2n) is 3.70. The number of aromatic nitrogens is 2. The minimum absolute atomic E-state index is 0.111. The van der Waals surface area contributed by atoms with Gasteiger partial charge in [-0.2, -0.15) is 0 Å². The fourth-order valence-electron chi connectivity index (χ4n) is 1.43. The molecule has 2 aromatic heterocycles. The van der Waals surface area contributed by atoms with E-state index >= 15 is 0 Å². The third-order valence-corrected chi connectivity index (χ3v) is 2.40. The molecule has 5 nitrogen and oxygen atoms in total. The second kappa shape index (κ2) is 5.88. The summed E-state index contributed by atoms with van der Waals surface area (Å²) in [6, 6.07) is 8.28. The van der Waals surface area contributed by atoms with E-state index in [-0.39, 0.29) is 18.3 Å². The molecule has 92 valence electrons. The van der Waals surface area contributed by atoms with Crippen molar-refractivity contribution in [1.29, 1.82) is 0 Å². The van der Waals surface area contributed by atoms with Gasteiger partial charge in [0.2, 0.25) is 0 Å². The van der Waals surface area contributed by atoms with Gasteiger partial charge in [0.1, 0.15) is 12.3 Å². The zero-order valence-electron chi connectivity index (χ0n) is 9.69. The normalized spacial score (nSPS) is 11.8. The Morgan fingerprint density at radius 2 is 2.00 bits per heavy atom. The molecular formula is C13H13N3O2. The van der Waals surface area contributed by atoms with Crippen molar-refractivity contribution in [2.75, 3.05) is 6.61 Å². The third kappa shape index (κ3) is 3.11. The van der Waals surface area contributed by atoms with Gasteiger partial charge in [0, 0.05) is 18.6 Å². The predicted molar refractivity (Wildman–Crippen MR) is 65.7 cm³/mol. The van der Waals surface area contributed by atoms with Gasteiger partial charge >= 0.3 is 5.97 Å². The Labute approximate surface area is 105 Å². The van der Waals surface area contributed by atoms with Gasteiger partial charge in [0.15, 0.2) is 0 Å². The van der Waals surface area contributed by atoms with Crippen LogP contribution in [0.1, 0.15) is 22.1 Å². The number of esters is 1. The summed E-state index contributed by atoms with van der Waals surface area (Å²) in [5.74, 6) is -0.472. The first-order valence-corrected chi connectivity index (χ1v) is 5.51. The van der Waals surface area contributed by atoms with Crippen molar-refractivity contribution >= 4 is 5.97 Å². The summed E-state index contributed by atoms with van der Waals surface area (Å²) in [6.07, 6.45) is 4.84. The number of ether oxygens (including phenoxy) is 1. The minimum Gasteiger partial charge on any atom is -0.459 e.